The average molecular weight is 302 g/mol. The second kappa shape index (κ2) is 7.22. The number of amides is 2. The molecule has 0 aromatic heterocycles. The van der Waals surface area contributed by atoms with Crippen LogP contribution in [-0.2, 0) is 9.59 Å². The third-order valence-corrected chi connectivity index (χ3v) is 3.76. The molecule has 1 aliphatic rings. The second-order valence-electron chi connectivity index (χ2n) is 5.57. The lowest BCUT2D eigenvalue weighted by Crippen LogP contribution is -2.52. The van der Waals surface area contributed by atoms with E-state index < -0.39 is 6.10 Å². The van der Waals surface area contributed by atoms with Crippen molar-refractivity contribution in [1.29, 1.82) is 0 Å². The first-order valence-corrected chi connectivity index (χ1v) is 7.48. The molecular formula is C17H22N2O3. The first kappa shape index (κ1) is 16.2. The lowest BCUT2D eigenvalue weighted by molar-refractivity contribution is -0.143. The minimum absolute atomic E-state index is 0.0512. The Hall–Kier alpha value is -2.14. The van der Waals surface area contributed by atoms with Crippen molar-refractivity contribution >= 4 is 17.9 Å². The lowest BCUT2D eigenvalue weighted by Gasteiger charge is -2.34. The molecule has 1 N–H and O–H groups in total. The molecule has 5 nitrogen and oxygen atoms in total. The van der Waals surface area contributed by atoms with Crippen molar-refractivity contribution in [2.24, 2.45) is 0 Å². The summed E-state index contributed by atoms with van der Waals surface area (Å²) in [5, 5.41) is 9.30. The summed E-state index contributed by atoms with van der Waals surface area (Å²) in [6, 6.07) is 7.95. The molecule has 1 heterocycles. The second-order valence-corrected chi connectivity index (χ2v) is 5.57. The predicted molar refractivity (Wildman–Crippen MR) is 85.1 cm³/mol. The summed E-state index contributed by atoms with van der Waals surface area (Å²) in [5.41, 5.74) is 2.17. The average Bonchev–Trinajstić information content (AvgIpc) is 2.53. The van der Waals surface area contributed by atoms with E-state index in [4.69, 9.17) is 0 Å². The molecule has 0 bridgehead atoms. The molecule has 1 aliphatic heterocycles. The maximum Gasteiger partial charge on any atom is 0.251 e. The Morgan fingerprint density at radius 2 is 1.64 bits per heavy atom. The van der Waals surface area contributed by atoms with Crippen LogP contribution in [0, 0.1) is 6.92 Å². The van der Waals surface area contributed by atoms with Crippen LogP contribution in [0.15, 0.2) is 30.3 Å². The summed E-state index contributed by atoms with van der Waals surface area (Å²) in [5.74, 6) is -0.327. The number of hydrogen-bond acceptors (Lipinski definition) is 3. The van der Waals surface area contributed by atoms with Gasteiger partial charge in [-0.1, -0.05) is 29.8 Å². The standard InChI is InChI=1S/C17H22N2O3/c1-13-3-5-15(6-4-13)7-8-16(21)18-9-11-19(12-10-18)17(22)14(2)20/h3-8,14,20H,9-12H2,1-2H3/b8-7+. The number of aliphatic hydroxyl groups is 1. The molecule has 2 amide bonds. The molecular weight excluding hydrogens is 280 g/mol. The number of carbonyl (C=O) groups excluding carboxylic acids is 2. The largest absolute Gasteiger partial charge is 0.384 e. The number of aliphatic hydroxyl groups excluding tert-OH is 1. The number of rotatable bonds is 3. The first-order valence-electron chi connectivity index (χ1n) is 7.48. The predicted octanol–water partition coefficient (Wildman–Crippen LogP) is 1.06. The van der Waals surface area contributed by atoms with Crippen LogP contribution in [0.2, 0.25) is 0 Å². The third kappa shape index (κ3) is 4.18. The van der Waals surface area contributed by atoms with E-state index in [1.54, 1.807) is 22.0 Å². The molecule has 0 radical (unpaired) electrons. The van der Waals surface area contributed by atoms with Gasteiger partial charge in [-0.05, 0) is 25.5 Å². The van der Waals surface area contributed by atoms with Gasteiger partial charge in [-0.25, -0.2) is 0 Å². The maximum atomic E-state index is 12.1. The highest BCUT2D eigenvalue weighted by Crippen LogP contribution is 2.08. The molecule has 1 fully saturated rings. The summed E-state index contributed by atoms with van der Waals surface area (Å²) < 4.78 is 0. The number of nitrogens with zero attached hydrogens (tertiary/aromatic N) is 2. The smallest absolute Gasteiger partial charge is 0.251 e. The Balaban J connectivity index is 1.87. The van der Waals surface area contributed by atoms with E-state index in [2.05, 4.69) is 0 Å². The minimum atomic E-state index is -0.983. The van der Waals surface area contributed by atoms with Crippen molar-refractivity contribution in [3.8, 4) is 0 Å². The Bertz CT molecular complexity index is 556. The van der Waals surface area contributed by atoms with Gasteiger partial charge < -0.3 is 14.9 Å². The van der Waals surface area contributed by atoms with Gasteiger partial charge in [0.25, 0.3) is 5.91 Å². The lowest BCUT2D eigenvalue weighted by atomic mass is 10.1. The Kier molecular flexibility index (Phi) is 5.33. The fraction of sp³-hybridized carbons (Fsp3) is 0.412. The number of hydrogen-bond donors (Lipinski definition) is 1. The highest BCUT2D eigenvalue weighted by atomic mass is 16.3. The highest BCUT2D eigenvalue weighted by molar-refractivity contribution is 5.92. The topological polar surface area (TPSA) is 60.9 Å². The van der Waals surface area contributed by atoms with Crippen molar-refractivity contribution in [2.75, 3.05) is 26.2 Å². The third-order valence-electron chi connectivity index (χ3n) is 3.76. The Labute approximate surface area is 130 Å². The van der Waals surface area contributed by atoms with E-state index >= 15 is 0 Å². The molecule has 0 spiro atoms. The number of aryl methyl sites for hydroxylation is 1. The summed E-state index contributed by atoms with van der Waals surface area (Å²) in [6.07, 6.45) is 2.38. The zero-order valence-electron chi connectivity index (χ0n) is 13.0. The SMILES string of the molecule is Cc1ccc(/C=C/C(=O)N2CCN(C(=O)C(C)O)CC2)cc1. The van der Waals surface area contributed by atoms with E-state index in [-0.39, 0.29) is 11.8 Å². The quantitative estimate of drug-likeness (QED) is 0.849. The molecule has 5 heteroatoms. The zero-order chi connectivity index (χ0) is 16.1. The molecule has 1 aromatic carbocycles. The fourth-order valence-electron chi connectivity index (χ4n) is 2.36. The van der Waals surface area contributed by atoms with E-state index in [9.17, 15) is 14.7 Å². The number of piperazine rings is 1. The van der Waals surface area contributed by atoms with Crippen molar-refractivity contribution in [2.45, 2.75) is 20.0 Å². The number of carbonyl (C=O) groups is 2. The van der Waals surface area contributed by atoms with Gasteiger partial charge >= 0.3 is 0 Å². The van der Waals surface area contributed by atoms with Gasteiger partial charge in [-0.2, -0.15) is 0 Å². The molecule has 118 valence electrons. The van der Waals surface area contributed by atoms with Gasteiger partial charge in [-0.3, -0.25) is 9.59 Å². The Morgan fingerprint density at radius 1 is 1.09 bits per heavy atom. The molecule has 1 aromatic rings. The van der Waals surface area contributed by atoms with Crippen molar-refractivity contribution in [1.82, 2.24) is 9.80 Å². The van der Waals surface area contributed by atoms with E-state index in [1.165, 1.54) is 12.5 Å². The zero-order valence-corrected chi connectivity index (χ0v) is 13.0. The molecule has 0 saturated carbocycles. The summed E-state index contributed by atoms with van der Waals surface area (Å²) >= 11 is 0. The van der Waals surface area contributed by atoms with Crippen molar-refractivity contribution < 1.29 is 14.7 Å². The number of benzene rings is 1. The summed E-state index contributed by atoms with van der Waals surface area (Å²) in [6.45, 7) is 5.41. The van der Waals surface area contributed by atoms with Crippen LogP contribution in [0.5, 0.6) is 0 Å². The van der Waals surface area contributed by atoms with Crippen molar-refractivity contribution in [3.05, 3.63) is 41.5 Å². The summed E-state index contributed by atoms with van der Waals surface area (Å²) in [7, 11) is 0. The van der Waals surface area contributed by atoms with Crippen molar-refractivity contribution in [3.63, 3.8) is 0 Å². The Morgan fingerprint density at radius 3 is 2.18 bits per heavy atom. The van der Waals surface area contributed by atoms with Crippen LogP contribution >= 0.6 is 0 Å². The molecule has 1 saturated heterocycles. The molecule has 1 unspecified atom stereocenters. The van der Waals surface area contributed by atoms with E-state index in [1.807, 2.05) is 31.2 Å². The van der Waals surface area contributed by atoms with Gasteiger partial charge in [0, 0.05) is 32.3 Å². The van der Waals surface area contributed by atoms with Crippen LogP contribution in [0.4, 0.5) is 0 Å². The van der Waals surface area contributed by atoms with E-state index in [0.717, 1.165) is 5.56 Å². The minimum Gasteiger partial charge on any atom is -0.384 e. The van der Waals surface area contributed by atoms with Gasteiger partial charge in [0.15, 0.2) is 0 Å². The van der Waals surface area contributed by atoms with Crippen LogP contribution in [0.3, 0.4) is 0 Å². The molecule has 0 aliphatic carbocycles. The first-order chi connectivity index (χ1) is 10.5. The maximum absolute atomic E-state index is 12.1. The van der Waals surface area contributed by atoms with Crippen LogP contribution < -0.4 is 0 Å². The van der Waals surface area contributed by atoms with Gasteiger partial charge in [0.1, 0.15) is 6.10 Å². The fourth-order valence-corrected chi connectivity index (χ4v) is 2.36. The highest BCUT2D eigenvalue weighted by Gasteiger charge is 2.25. The summed E-state index contributed by atoms with van der Waals surface area (Å²) in [4.78, 5) is 27.1. The molecule has 2 rings (SSSR count). The van der Waals surface area contributed by atoms with Gasteiger partial charge in [0.2, 0.25) is 5.91 Å². The van der Waals surface area contributed by atoms with Crippen LogP contribution in [-0.4, -0.2) is 59.0 Å². The van der Waals surface area contributed by atoms with Crippen LogP contribution in [0.1, 0.15) is 18.1 Å². The van der Waals surface area contributed by atoms with Crippen LogP contribution in [0.25, 0.3) is 6.08 Å². The van der Waals surface area contributed by atoms with Gasteiger partial charge in [0.05, 0.1) is 0 Å². The molecule has 22 heavy (non-hydrogen) atoms. The monoisotopic (exact) mass is 302 g/mol. The van der Waals surface area contributed by atoms with Gasteiger partial charge in [-0.15, -0.1) is 0 Å². The van der Waals surface area contributed by atoms with E-state index in [0.29, 0.717) is 26.2 Å². The molecule has 1 atom stereocenters. The normalized spacial score (nSPS) is 16.9.